The SMILES string of the molecule is [CH3][Sn]([CH3])([CH3])[c]1cnc(Cl)nc1. The summed E-state index contributed by atoms with van der Waals surface area (Å²) in [5, 5.41) is 0.337. The van der Waals surface area contributed by atoms with Gasteiger partial charge in [0.2, 0.25) is 0 Å². The van der Waals surface area contributed by atoms with Crippen molar-refractivity contribution in [3.05, 3.63) is 17.7 Å². The molecule has 2 nitrogen and oxygen atoms in total. The van der Waals surface area contributed by atoms with Crippen LogP contribution in [0.3, 0.4) is 0 Å². The Morgan fingerprint density at radius 1 is 1.18 bits per heavy atom. The van der Waals surface area contributed by atoms with Crippen molar-refractivity contribution in [1.29, 1.82) is 0 Å². The number of hydrogen-bond acceptors (Lipinski definition) is 2. The summed E-state index contributed by atoms with van der Waals surface area (Å²) in [6, 6.07) is 0. The third-order valence-electron chi connectivity index (χ3n) is 1.49. The van der Waals surface area contributed by atoms with Gasteiger partial charge < -0.3 is 0 Å². The third-order valence-corrected chi connectivity index (χ3v) is 7.36. The number of aromatic nitrogens is 2. The van der Waals surface area contributed by atoms with Crippen molar-refractivity contribution in [3.63, 3.8) is 0 Å². The molecule has 0 aliphatic heterocycles. The van der Waals surface area contributed by atoms with E-state index in [4.69, 9.17) is 11.6 Å². The van der Waals surface area contributed by atoms with Crippen molar-refractivity contribution >= 4 is 33.6 Å². The summed E-state index contributed by atoms with van der Waals surface area (Å²) in [7, 11) is 0. The van der Waals surface area contributed by atoms with Gasteiger partial charge in [-0.1, -0.05) is 0 Å². The molecule has 0 spiro atoms. The van der Waals surface area contributed by atoms with Crippen LogP contribution in [-0.4, -0.2) is 28.3 Å². The Hall–Kier alpha value is 0.169. The summed E-state index contributed by atoms with van der Waals surface area (Å²) in [6.07, 6.45) is 3.71. The predicted octanol–water partition coefficient (Wildman–Crippen LogP) is 1.68. The van der Waals surface area contributed by atoms with E-state index in [2.05, 4.69) is 24.8 Å². The Kier molecular flexibility index (Phi) is 2.75. The number of halogens is 1. The molecule has 1 aromatic heterocycles. The van der Waals surface area contributed by atoms with Gasteiger partial charge in [0.15, 0.2) is 0 Å². The standard InChI is InChI=1S/C4H2ClN2.3CH3.Sn/c5-4-6-2-1-3-7-4;;;;/h2-3H;3*1H3;. The Morgan fingerprint density at radius 3 is 2.00 bits per heavy atom. The van der Waals surface area contributed by atoms with Crippen LogP contribution in [0.25, 0.3) is 0 Å². The van der Waals surface area contributed by atoms with Crippen LogP contribution < -0.4 is 3.58 Å². The van der Waals surface area contributed by atoms with Crippen molar-refractivity contribution in [2.24, 2.45) is 0 Å². The van der Waals surface area contributed by atoms with Gasteiger partial charge >= 0.3 is 76.0 Å². The normalized spacial score (nSPS) is 11.6. The fraction of sp³-hybridized carbons (Fsp3) is 0.429. The van der Waals surface area contributed by atoms with Gasteiger partial charge in [0.1, 0.15) is 0 Å². The van der Waals surface area contributed by atoms with Crippen LogP contribution in [0.2, 0.25) is 20.1 Å². The molecule has 0 amide bonds. The van der Waals surface area contributed by atoms with E-state index in [9.17, 15) is 0 Å². The molecule has 0 aliphatic carbocycles. The molecular weight excluding hydrogens is 266 g/mol. The van der Waals surface area contributed by atoms with Gasteiger partial charge in [-0.15, -0.1) is 0 Å². The van der Waals surface area contributed by atoms with E-state index >= 15 is 0 Å². The van der Waals surface area contributed by atoms with E-state index in [1.54, 1.807) is 0 Å². The summed E-state index contributed by atoms with van der Waals surface area (Å²) in [5.74, 6) is 0. The van der Waals surface area contributed by atoms with E-state index in [1.165, 1.54) is 3.58 Å². The van der Waals surface area contributed by atoms with Crippen molar-refractivity contribution in [1.82, 2.24) is 9.97 Å². The Morgan fingerprint density at radius 2 is 1.64 bits per heavy atom. The molecule has 1 rings (SSSR count). The van der Waals surface area contributed by atoms with E-state index in [0.717, 1.165) is 0 Å². The number of nitrogens with zero attached hydrogens (tertiary/aromatic N) is 2. The molecule has 60 valence electrons. The van der Waals surface area contributed by atoms with Gasteiger partial charge in [0.05, 0.1) is 0 Å². The first-order valence-electron chi connectivity index (χ1n) is 3.48. The zero-order valence-electron chi connectivity index (χ0n) is 6.93. The van der Waals surface area contributed by atoms with E-state index in [0.29, 0.717) is 5.28 Å². The van der Waals surface area contributed by atoms with Crippen LogP contribution in [0.15, 0.2) is 12.4 Å². The fourth-order valence-corrected chi connectivity index (χ4v) is 3.38. The molecule has 0 unspecified atom stereocenters. The molecule has 4 heteroatoms. The van der Waals surface area contributed by atoms with E-state index < -0.39 is 18.4 Å². The molecule has 0 aliphatic rings. The molecule has 0 aromatic carbocycles. The summed E-state index contributed by atoms with van der Waals surface area (Å²) in [5.41, 5.74) is 0. The molecular formula is C7H11ClN2Sn. The third kappa shape index (κ3) is 2.60. The Balaban J connectivity index is 2.99. The zero-order valence-corrected chi connectivity index (χ0v) is 10.5. The first-order chi connectivity index (χ1) is 5.00. The summed E-state index contributed by atoms with van der Waals surface area (Å²) in [6.45, 7) is 0. The molecule has 1 heterocycles. The molecule has 0 saturated heterocycles. The maximum absolute atomic E-state index is 5.56. The summed E-state index contributed by atoms with van der Waals surface area (Å²) in [4.78, 5) is 14.9. The van der Waals surface area contributed by atoms with Crippen molar-refractivity contribution < 1.29 is 0 Å². The van der Waals surface area contributed by atoms with Gasteiger partial charge in [-0.3, -0.25) is 0 Å². The van der Waals surface area contributed by atoms with Crippen LogP contribution in [0.5, 0.6) is 0 Å². The summed E-state index contributed by atoms with van der Waals surface area (Å²) < 4.78 is 1.31. The van der Waals surface area contributed by atoms with E-state index in [-0.39, 0.29) is 0 Å². The second kappa shape index (κ2) is 3.27. The number of hydrogen-bond donors (Lipinski definition) is 0. The topological polar surface area (TPSA) is 25.8 Å². The first-order valence-corrected chi connectivity index (χ1v) is 13.8. The maximum atomic E-state index is 5.56. The van der Waals surface area contributed by atoms with E-state index in [1.807, 2.05) is 12.4 Å². The fourth-order valence-electron chi connectivity index (χ4n) is 0.700. The predicted molar refractivity (Wildman–Crippen MR) is 50.0 cm³/mol. The van der Waals surface area contributed by atoms with Crippen molar-refractivity contribution in [2.75, 3.05) is 0 Å². The quantitative estimate of drug-likeness (QED) is 0.576. The van der Waals surface area contributed by atoms with Crippen molar-refractivity contribution in [3.8, 4) is 0 Å². The Bertz CT molecular complexity index is 240. The second-order valence-corrected chi connectivity index (χ2v) is 18.3. The van der Waals surface area contributed by atoms with Crippen LogP contribution >= 0.6 is 11.6 Å². The molecule has 0 bridgehead atoms. The Labute approximate surface area is 75.9 Å². The van der Waals surface area contributed by atoms with Gasteiger partial charge in [0.25, 0.3) is 0 Å². The number of rotatable bonds is 1. The molecule has 11 heavy (non-hydrogen) atoms. The van der Waals surface area contributed by atoms with Crippen LogP contribution in [-0.2, 0) is 0 Å². The monoisotopic (exact) mass is 278 g/mol. The minimum atomic E-state index is -1.93. The first kappa shape index (κ1) is 9.26. The van der Waals surface area contributed by atoms with Crippen LogP contribution in [0.1, 0.15) is 0 Å². The molecule has 0 fully saturated rings. The minimum absolute atomic E-state index is 0.337. The molecule has 0 atom stereocenters. The molecule has 0 radical (unpaired) electrons. The summed E-state index contributed by atoms with van der Waals surface area (Å²) >= 11 is 3.64. The van der Waals surface area contributed by atoms with Gasteiger partial charge in [-0.2, -0.15) is 0 Å². The molecule has 0 N–H and O–H groups in total. The van der Waals surface area contributed by atoms with Crippen LogP contribution in [0, 0.1) is 0 Å². The average Bonchev–Trinajstić information content (AvgIpc) is 1.86. The average molecular weight is 277 g/mol. The van der Waals surface area contributed by atoms with Gasteiger partial charge in [0, 0.05) is 0 Å². The zero-order chi connectivity index (χ0) is 8.48. The second-order valence-electron chi connectivity index (χ2n) is 3.49. The van der Waals surface area contributed by atoms with Gasteiger partial charge in [-0.25, -0.2) is 0 Å². The van der Waals surface area contributed by atoms with Crippen LogP contribution in [0.4, 0.5) is 0 Å². The molecule has 1 aromatic rings. The molecule has 0 saturated carbocycles. The van der Waals surface area contributed by atoms with Gasteiger partial charge in [-0.05, 0) is 0 Å². The van der Waals surface area contributed by atoms with Crippen molar-refractivity contribution in [2.45, 2.75) is 14.8 Å².